The van der Waals surface area contributed by atoms with E-state index in [1.165, 1.54) is 0 Å². The van der Waals surface area contributed by atoms with Crippen LogP contribution in [0.5, 0.6) is 0 Å². The van der Waals surface area contributed by atoms with E-state index in [0.29, 0.717) is 12.3 Å². The van der Waals surface area contributed by atoms with Gasteiger partial charge in [-0.1, -0.05) is 0 Å². The number of aromatic nitrogens is 1. The highest BCUT2D eigenvalue weighted by atomic mass is 16.5. The smallest absolute Gasteiger partial charge is 0.131 e. The summed E-state index contributed by atoms with van der Waals surface area (Å²) in [6, 6.07) is 1.94. The van der Waals surface area contributed by atoms with E-state index < -0.39 is 0 Å². The maximum atomic E-state index is 5.72. The maximum Gasteiger partial charge on any atom is 0.131 e. The van der Waals surface area contributed by atoms with Crippen LogP contribution < -0.4 is 10.6 Å². The number of ether oxygens (including phenoxy) is 2. The van der Waals surface area contributed by atoms with Crippen LogP contribution in [0.4, 0.5) is 11.5 Å². The van der Waals surface area contributed by atoms with Gasteiger partial charge < -0.3 is 20.1 Å². The third-order valence-corrected chi connectivity index (χ3v) is 2.71. The standard InChI is InChI=1S/C13H23N3O2/c1-11-9-12(14)10-15-13(11)16(6-8-18-3)5-4-7-17-2/h9-10H,4-8,14H2,1-3H3. The Kier molecular flexibility index (Phi) is 6.46. The lowest BCUT2D eigenvalue weighted by molar-refractivity contribution is 0.191. The number of hydrogen-bond donors (Lipinski definition) is 1. The van der Waals surface area contributed by atoms with Gasteiger partial charge in [0.05, 0.1) is 18.5 Å². The molecule has 5 heteroatoms. The molecule has 1 heterocycles. The van der Waals surface area contributed by atoms with Crippen molar-refractivity contribution in [2.24, 2.45) is 0 Å². The van der Waals surface area contributed by atoms with Crippen molar-refractivity contribution < 1.29 is 9.47 Å². The van der Waals surface area contributed by atoms with Gasteiger partial charge in [0.15, 0.2) is 0 Å². The lowest BCUT2D eigenvalue weighted by Gasteiger charge is -2.25. The van der Waals surface area contributed by atoms with Gasteiger partial charge in [-0.05, 0) is 25.0 Å². The number of nitrogens with two attached hydrogens (primary N) is 1. The van der Waals surface area contributed by atoms with E-state index >= 15 is 0 Å². The third kappa shape index (κ3) is 4.50. The molecule has 0 saturated carbocycles. The van der Waals surface area contributed by atoms with Crippen molar-refractivity contribution in [3.8, 4) is 0 Å². The highest BCUT2D eigenvalue weighted by molar-refractivity contribution is 5.52. The Morgan fingerprint density at radius 1 is 1.22 bits per heavy atom. The molecule has 0 aliphatic carbocycles. The summed E-state index contributed by atoms with van der Waals surface area (Å²) in [4.78, 5) is 6.62. The van der Waals surface area contributed by atoms with E-state index in [2.05, 4.69) is 9.88 Å². The topological polar surface area (TPSA) is 60.6 Å². The molecule has 1 aromatic heterocycles. The predicted molar refractivity (Wildman–Crippen MR) is 74.0 cm³/mol. The van der Waals surface area contributed by atoms with Crippen LogP contribution in [0.25, 0.3) is 0 Å². The Labute approximate surface area is 109 Å². The Morgan fingerprint density at radius 2 is 1.94 bits per heavy atom. The fraction of sp³-hybridized carbons (Fsp3) is 0.615. The second kappa shape index (κ2) is 7.89. The van der Waals surface area contributed by atoms with Crippen LogP contribution >= 0.6 is 0 Å². The molecule has 2 N–H and O–H groups in total. The third-order valence-electron chi connectivity index (χ3n) is 2.71. The molecule has 0 radical (unpaired) electrons. The molecule has 1 aromatic rings. The lowest BCUT2D eigenvalue weighted by Crippen LogP contribution is -2.30. The van der Waals surface area contributed by atoms with Crippen LogP contribution in [0.1, 0.15) is 12.0 Å². The SMILES string of the molecule is COCCCN(CCOC)c1ncc(N)cc1C. The van der Waals surface area contributed by atoms with Gasteiger partial charge in [0.2, 0.25) is 0 Å². The molecule has 5 nitrogen and oxygen atoms in total. The molecular formula is C13H23N3O2. The minimum Gasteiger partial charge on any atom is -0.397 e. The summed E-state index contributed by atoms with van der Waals surface area (Å²) < 4.78 is 10.2. The Morgan fingerprint density at radius 3 is 2.56 bits per heavy atom. The second-order valence-electron chi connectivity index (χ2n) is 4.24. The van der Waals surface area contributed by atoms with E-state index in [4.69, 9.17) is 15.2 Å². The van der Waals surface area contributed by atoms with E-state index in [9.17, 15) is 0 Å². The first-order valence-corrected chi connectivity index (χ1v) is 6.14. The van der Waals surface area contributed by atoms with Crippen molar-refractivity contribution in [3.63, 3.8) is 0 Å². The second-order valence-corrected chi connectivity index (χ2v) is 4.24. The summed E-state index contributed by atoms with van der Waals surface area (Å²) in [7, 11) is 3.42. The minimum absolute atomic E-state index is 0.679. The molecule has 0 spiro atoms. The number of pyridine rings is 1. The summed E-state index contributed by atoms with van der Waals surface area (Å²) in [6.45, 7) is 5.16. The number of nitrogens with zero attached hydrogens (tertiary/aromatic N) is 2. The predicted octanol–water partition coefficient (Wildman–Crippen LogP) is 1.46. The fourth-order valence-electron chi connectivity index (χ4n) is 1.85. The number of hydrogen-bond acceptors (Lipinski definition) is 5. The molecule has 0 aromatic carbocycles. The molecule has 0 bridgehead atoms. The first-order valence-electron chi connectivity index (χ1n) is 6.14. The summed E-state index contributed by atoms with van der Waals surface area (Å²) in [5, 5.41) is 0. The van der Waals surface area contributed by atoms with Crippen molar-refractivity contribution >= 4 is 11.5 Å². The molecule has 0 aliphatic rings. The first kappa shape index (κ1) is 14.7. The zero-order chi connectivity index (χ0) is 13.4. The summed E-state index contributed by atoms with van der Waals surface area (Å²) in [5.41, 5.74) is 7.50. The highest BCUT2D eigenvalue weighted by Gasteiger charge is 2.10. The van der Waals surface area contributed by atoms with Gasteiger partial charge in [0.1, 0.15) is 5.82 Å². The summed E-state index contributed by atoms with van der Waals surface area (Å²) in [6.07, 6.45) is 2.66. The molecule has 1 rings (SSSR count). The van der Waals surface area contributed by atoms with Crippen LogP contribution in [-0.2, 0) is 9.47 Å². The zero-order valence-electron chi connectivity index (χ0n) is 11.5. The molecule has 0 amide bonds. The van der Waals surface area contributed by atoms with Crippen molar-refractivity contribution in [3.05, 3.63) is 17.8 Å². The van der Waals surface area contributed by atoms with Crippen molar-refractivity contribution in [1.29, 1.82) is 0 Å². The number of nitrogen functional groups attached to an aromatic ring is 1. The highest BCUT2D eigenvalue weighted by Crippen LogP contribution is 2.19. The van der Waals surface area contributed by atoms with Gasteiger partial charge in [0, 0.05) is 33.9 Å². The molecular weight excluding hydrogens is 230 g/mol. The monoisotopic (exact) mass is 253 g/mol. The van der Waals surface area contributed by atoms with Gasteiger partial charge in [-0.3, -0.25) is 0 Å². The minimum atomic E-state index is 0.679. The molecule has 0 fully saturated rings. The van der Waals surface area contributed by atoms with Gasteiger partial charge in [-0.2, -0.15) is 0 Å². The van der Waals surface area contributed by atoms with E-state index in [1.807, 2.05) is 13.0 Å². The molecule has 0 atom stereocenters. The van der Waals surface area contributed by atoms with Crippen molar-refractivity contribution in [2.45, 2.75) is 13.3 Å². The van der Waals surface area contributed by atoms with E-state index in [1.54, 1.807) is 20.4 Å². The molecule has 0 aliphatic heterocycles. The summed E-state index contributed by atoms with van der Waals surface area (Å²) >= 11 is 0. The number of rotatable bonds is 8. The van der Waals surface area contributed by atoms with Crippen LogP contribution in [0.15, 0.2) is 12.3 Å². The Hall–Kier alpha value is -1.33. The lowest BCUT2D eigenvalue weighted by atomic mass is 10.2. The Balaban J connectivity index is 2.73. The van der Waals surface area contributed by atoms with E-state index in [0.717, 1.165) is 37.5 Å². The number of methoxy groups -OCH3 is 2. The molecule has 0 saturated heterocycles. The van der Waals surface area contributed by atoms with Gasteiger partial charge in [-0.25, -0.2) is 4.98 Å². The molecule has 0 unspecified atom stereocenters. The quantitative estimate of drug-likeness (QED) is 0.711. The Bertz CT molecular complexity index is 358. The van der Waals surface area contributed by atoms with Crippen molar-refractivity contribution in [1.82, 2.24) is 4.98 Å². The van der Waals surface area contributed by atoms with Gasteiger partial charge in [0.25, 0.3) is 0 Å². The summed E-state index contributed by atoms with van der Waals surface area (Å²) in [5.74, 6) is 0.970. The van der Waals surface area contributed by atoms with Crippen LogP contribution in [0, 0.1) is 6.92 Å². The first-order chi connectivity index (χ1) is 8.69. The normalized spacial score (nSPS) is 10.6. The largest absolute Gasteiger partial charge is 0.397 e. The van der Waals surface area contributed by atoms with Crippen LogP contribution in [0.2, 0.25) is 0 Å². The molecule has 102 valence electrons. The van der Waals surface area contributed by atoms with E-state index in [-0.39, 0.29) is 0 Å². The van der Waals surface area contributed by atoms with Crippen molar-refractivity contribution in [2.75, 3.05) is 51.2 Å². The average Bonchev–Trinajstić information content (AvgIpc) is 2.34. The maximum absolute atomic E-state index is 5.72. The molecule has 18 heavy (non-hydrogen) atoms. The number of anilines is 2. The fourth-order valence-corrected chi connectivity index (χ4v) is 1.85. The zero-order valence-corrected chi connectivity index (χ0v) is 11.5. The average molecular weight is 253 g/mol. The van der Waals surface area contributed by atoms with Crippen LogP contribution in [0.3, 0.4) is 0 Å². The van der Waals surface area contributed by atoms with Gasteiger partial charge in [-0.15, -0.1) is 0 Å². The van der Waals surface area contributed by atoms with Crippen LogP contribution in [-0.4, -0.2) is 45.5 Å². The van der Waals surface area contributed by atoms with Gasteiger partial charge >= 0.3 is 0 Å². The number of aryl methyl sites for hydroxylation is 1.